The smallest absolute Gasteiger partial charge is 0.475 e. The number of carboxylic acids is 1. The van der Waals surface area contributed by atoms with Crippen molar-refractivity contribution in [3.63, 3.8) is 0 Å². The van der Waals surface area contributed by atoms with Gasteiger partial charge in [0.05, 0.1) is 16.8 Å². The van der Waals surface area contributed by atoms with Crippen LogP contribution in [0.1, 0.15) is 30.5 Å². The van der Waals surface area contributed by atoms with Crippen LogP contribution in [0, 0.1) is 0 Å². The fourth-order valence-corrected chi connectivity index (χ4v) is 5.00. The molecule has 3 aliphatic rings. The van der Waals surface area contributed by atoms with Crippen molar-refractivity contribution in [2.75, 3.05) is 37.6 Å². The average molecular weight is 476 g/mol. The van der Waals surface area contributed by atoms with Crippen molar-refractivity contribution >= 4 is 17.7 Å². The molecule has 2 amide bonds. The number of carbonyl (C=O) groups is 2. The van der Waals surface area contributed by atoms with Gasteiger partial charge in [-0.3, -0.25) is 4.98 Å². The lowest BCUT2D eigenvalue weighted by molar-refractivity contribution is -0.192. The largest absolute Gasteiger partial charge is 0.490 e. The molecule has 0 bridgehead atoms. The maximum Gasteiger partial charge on any atom is 0.490 e. The first kappa shape index (κ1) is 23.8. The van der Waals surface area contributed by atoms with Gasteiger partial charge < -0.3 is 19.8 Å². The van der Waals surface area contributed by atoms with E-state index in [-0.39, 0.29) is 11.4 Å². The summed E-state index contributed by atoms with van der Waals surface area (Å²) in [4.78, 5) is 33.1. The van der Waals surface area contributed by atoms with E-state index in [1.54, 1.807) is 0 Å². The number of amides is 2. The predicted molar refractivity (Wildman–Crippen MR) is 119 cm³/mol. The second-order valence-corrected chi connectivity index (χ2v) is 8.94. The summed E-state index contributed by atoms with van der Waals surface area (Å²) in [5.74, 6) is -2.76. The predicted octanol–water partition coefficient (Wildman–Crippen LogP) is 3.89. The number of hydrogen-bond donors (Lipinski definition) is 1. The Morgan fingerprint density at radius 3 is 2.29 bits per heavy atom. The molecule has 182 valence electrons. The molecule has 7 nitrogen and oxygen atoms in total. The highest BCUT2D eigenvalue weighted by Gasteiger charge is 2.50. The van der Waals surface area contributed by atoms with Crippen LogP contribution in [0.3, 0.4) is 0 Å². The first-order valence-electron chi connectivity index (χ1n) is 11.3. The SMILES string of the molecule is O=C(N1CCCC1)N1CCC2(C1)CN(Cc1ccccc1)c1cccnc12.O=C(O)C(F)(F)F. The Morgan fingerprint density at radius 1 is 0.971 bits per heavy atom. The van der Waals surface area contributed by atoms with Gasteiger partial charge in [0.1, 0.15) is 0 Å². The molecular formula is C24H27F3N4O3. The van der Waals surface area contributed by atoms with Gasteiger partial charge in [0.2, 0.25) is 0 Å². The van der Waals surface area contributed by atoms with Gasteiger partial charge in [0, 0.05) is 45.5 Å². The molecule has 2 aromatic rings. The number of aliphatic carboxylic acids is 1. The first-order valence-corrected chi connectivity index (χ1v) is 11.3. The Kier molecular flexibility index (Phi) is 6.67. The highest BCUT2D eigenvalue weighted by atomic mass is 19.4. The molecular weight excluding hydrogens is 449 g/mol. The zero-order valence-electron chi connectivity index (χ0n) is 18.7. The third kappa shape index (κ3) is 4.95. The normalized spacial score (nSPS) is 21.4. The number of halogens is 3. The first-order chi connectivity index (χ1) is 16.2. The van der Waals surface area contributed by atoms with Gasteiger partial charge in [0.25, 0.3) is 0 Å². The molecule has 1 unspecified atom stereocenters. The van der Waals surface area contributed by atoms with Crippen molar-refractivity contribution in [1.29, 1.82) is 0 Å². The zero-order valence-corrected chi connectivity index (χ0v) is 18.7. The average Bonchev–Trinajstić information content (AvgIpc) is 3.55. The maximum atomic E-state index is 12.9. The molecule has 1 aromatic heterocycles. The number of benzene rings is 1. The molecule has 3 aliphatic heterocycles. The summed E-state index contributed by atoms with van der Waals surface area (Å²) in [5, 5.41) is 7.12. The molecule has 10 heteroatoms. The number of alkyl halides is 3. The van der Waals surface area contributed by atoms with E-state index in [0.717, 1.165) is 58.5 Å². The summed E-state index contributed by atoms with van der Waals surface area (Å²) in [7, 11) is 0. The van der Waals surface area contributed by atoms with Crippen LogP contribution in [0.4, 0.5) is 23.7 Å². The summed E-state index contributed by atoms with van der Waals surface area (Å²) in [6.45, 7) is 5.29. The van der Waals surface area contributed by atoms with Crippen LogP contribution in [0.2, 0.25) is 0 Å². The third-order valence-electron chi connectivity index (χ3n) is 6.58. The quantitative estimate of drug-likeness (QED) is 0.712. The number of urea groups is 1. The van der Waals surface area contributed by atoms with Gasteiger partial charge in [0.15, 0.2) is 0 Å². The minimum atomic E-state index is -5.08. The number of fused-ring (bicyclic) bond motifs is 2. The third-order valence-corrected chi connectivity index (χ3v) is 6.58. The van der Waals surface area contributed by atoms with E-state index >= 15 is 0 Å². The summed E-state index contributed by atoms with van der Waals surface area (Å²) in [5.41, 5.74) is 3.70. The van der Waals surface area contributed by atoms with Crippen LogP contribution in [0.5, 0.6) is 0 Å². The number of likely N-dealkylation sites (tertiary alicyclic amines) is 2. The standard InChI is InChI=1S/C22H26N4O.C2HF3O2/c27-21(24-12-4-5-13-24)25-14-10-22(16-25)17-26(15-18-7-2-1-3-8-18)19-9-6-11-23-20(19)22;3-2(4,5)1(6)7/h1-3,6-9,11H,4-5,10,12-17H2;(H,6,7). The molecule has 0 aliphatic carbocycles. The Balaban J connectivity index is 0.000000344. The molecule has 0 radical (unpaired) electrons. The Morgan fingerprint density at radius 2 is 1.65 bits per heavy atom. The van der Waals surface area contributed by atoms with Crippen LogP contribution in [0.25, 0.3) is 0 Å². The van der Waals surface area contributed by atoms with Gasteiger partial charge in [-0.1, -0.05) is 30.3 Å². The van der Waals surface area contributed by atoms with E-state index in [2.05, 4.69) is 46.2 Å². The van der Waals surface area contributed by atoms with Crippen molar-refractivity contribution in [2.45, 2.75) is 37.4 Å². The van der Waals surface area contributed by atoms with Crippen molar-refractivity contribution in [3.05, 3.63) is 59.9 Å². The number of carbonyl (C=O) groups excluding carboxylic acids is 1. The summed E-state index contributed by atoms with van der Waals surface area (Å²) >= 11 is 0. The number of carboxylic acid groups (broad SMARTS) is 1. The topological polar surface area (TPSA) is 77.0 Å². The van der Waals surface area contributed by atoms with Gasteiger partial charge in [-0.05, 0) is 37.0 Å². The highest BCUT2D eigenvalue weighted by molar-refractivity contribution is 5.76. The maximum absolute atomic E-state index is 12.9. The lowest BCUT2D eigenvalue weighted by Crippen LogP contribution is -2.43. The summed E-state index contributed by atoms with van der Waals surface area (Å²) in [6, 6.07) is 15.0. The molecule has 1 atom stereocenters. The van der Waals surface area contributed by atoms with E-state index < -0.39 is 12.1 Å². The summed E-state index contributed by atoms with van der Waals surface area (Å²) < 4.78 is 31.7. The molecule has 4 heterocycles. The molecule has 1 spiro atoms. The molecule has 1 N–H and O–H groups in total. The van der Waals surface area contributed by atoms with Crippen molar-refractivity contribution in [2.24, 2.45) is 0 Å². The van der Waals surface area contributed by atoms with Gasteiger partial charge in [-0.15, -0.1) is 0 Å². The minimum Gasteiger partial charge on any atom is -0.475 e. The van der Waals surface area contributed by atoms with Crippen molar-refractivity contribution in [1.82, 2.24) is 14.8 Å². The number of aromatic nitrogens is 1. The van der Waals surface area contributed by atoms with E-state index in [9.17, 15) is 18.0 Å². The number of hydrogen-bond acceptors (Lipinski definition) is 4. The molecule has 34 heavy (non-hydrogen) atoms. The minimum absolute atomic E-state index is 0.0270. The van der Waals surface area contributed by atoms with E-state index in [1.807, 2.05) is 17.2 Å². The fraction of sp³-hybridized carbons (Fsp3) is 0.458. The highest BCUT2D eigenvalue weighted by Crippen LogP contribution is 2.45. The van der Waals surface area contributed by atoms with Crippen molar-refractivity contribution in [3.8, 4) is 0 Å². The lowest BCUT2D eigenvalue weighted by Gasteiger charge is -2.28. The van der Waals surface area contributed by atoms with E-state index in [1.165, 1.54) is 16.9 Å². The van der Waals surface area contributed by atoms with Crippen molar-refractivity contribution < 1.29 is 27.9 Å². The fourth-order valence-electron chi connectivity index (χ4n) is 5.00. The number of pyridine rings is 1. The van der Waals surface area contributed by atoms with Gasteiger partial charge >= 0.3 is 18.2 Å². The number of anilines is 1. The van der Waals surface area contributed by atoms with E-state index in [0.29, 0.717) is 0 Å². The van der Waals surface area contributed by atoms with Crippen LogP contribution >= 0.6 is 0 Å². The zero-order chi connectivity index (χ0) is 24.3. The molecule has 5 rings (SSSR count). The van der Waals surface area contributed by atoms with E-state index in [4.69, 9.17) is 14.9 Å². The molecule has 2 saturated heterocycles. The van der Waals surface area contributed by atoms with Gasteiger partial charge in [-0.2, -0.15) is 13.2 Å². The number of rotatable bonds is 2. The second kappa shape index (κ2) is 9.52. The Labute approximate surface area is 195 Å². The Hall–Kier alpha value is -3.30. The number of nitrogens with zero attached hydrogens (tertiary/aromatic N) is 4. The summed E-state index contributed by atoms with van der Waals surface area (Å²) in [6.07, 6.45) is 0.0966. The molecule has 1 aromatic carbocycles. The molecule has 0 saturated carbocycles. The lowest BCUT2D eigenvalue weighted by atomic mass is 9.85. The van der Waals surface area contributed by atoms with Crippen LogP contribution in [0.15, 0.2) is 48.7 Å². The Bertz CT molecular complexity index is 1030. The van der Waals surface area contributed by atoms with Crippen LogP contribution < -0.4 is 4.90 Å². The second-order valence-electron chi connectivity index (χ2n) is 8.94. The van der Waals surface area contributed by atoms with Crippen LogP contribution in [-0.4, -0.2) is 70.8 Å². The molecule has 2 fully saturated rings. The monoisotopic (exact) mass is 476 g/mol. The van der Waals surface area contributed by atoms with Gasteiger partial charge in [-0.25, -0.2) is 9.59 Å². The van der Waals surface area contributed by atoms with Crippen LogP contribution in [-0.2, 0) is 16.8 Å².